The molecule has 0 fully saturated rings. The van der Waals surface area contributed by atoms with Gasteiger partial charge in [0.15, 0.2) is 0 Å². The van der Waals surface area contributed by atoms with E-state index in [0.717, 1.165) is 22.4 Å². The van der Waals surface area contributed by atoms with Gasteiger partial charge in [0.1, 0.15) is 5.69 Å². The van der Waals surface area contributed by atoms with E-state index in [1.807, 2.05) is 60.0 Å². The summed E-state index contributed by atoms with van der Waals surface area (Å²) in [5.74, 6) is 0.0268. The average Bonchev–Trinajstić information content (AvgIpc) is 3.09. The third kappa shape index (κ3) is 3.77. The molecule has 5 heteroatoms. The summed E-state index contributed by atoms with van der Waals surface area (Å²) in [4.78, 5) is 11.9. The number of amides is 1. The van der Waals surface area contributed by atoms with E-state index in [-0.39, 0.29) is 5.91 Å². The van der Waals surface area contributed by atoms with Crippen molar-refractivity contribution in [2.45, 2.75) is 13.0 Å². The molecule has 0 aliphatic rings. The van der Waals surface area contributed by atoms with Gasteiger partial charge < -0.3 is 5.32 Å². The largest absolute Gasteiger partial charge is 0.352 e. The number of rotatable bonds is 5. The minimum atomic E-state index is 0.0268. The fourth-order valence-corrected chi connectivity index (χ4v) is 2.59. The molecule has 1 N–H and O–H groups in total. The molecule has 0 bridgehead atoms. The number of benzene rings is 2. The highest BCUT2D eigenvalue weighted by Gasteiger charge is 2.04. The van der Waals surface area contributed by atoms with E-state index >= 15 is 0 Å². The standard InChI is InChI=1S/C17H15N3OS/c21-17(10-13-4-2-1-3-5-13)18-11-14-6-8-15(9-7-14)16-12-22-20-19-16/h1-9,12H,10-11H2,(H,18,21). The first-order valence-corrected chi connectivity index (χ1v) is 7.82. The van der Waals surface area contributed by atoms with Crippen molar-refractivity contribution in [1.29, 1.82) is 0 Å². The summed E-state index contributed by atoms with van der Waals surface area (Å²) < 4.78 is 3.86. The Hall–Kier alpha value is -2.53. The summed E-state index contributed by atoms with van der Waals surface area (Å²) >= 11 is 1.34. The second-order valence-electron chi connectivity index (χ2n) is 4.93. The molecular weight excluding hydrogens is 294 g/mol. The Morgan fingerprint density at radius 2 is 1.77 bits per heavy atom. The summed E-state index contributed by atoms with van der Waals surface area (Å²) in [6, 6.07) is 17.7. The minimum absolute atomic E-state index is 0.0268. The van der Waals surface area contributed by atoms with Gasteiger partial charge in [-0.3, -0.25) is 4.79 Å². The number of nitrogens with zero attached hydrogens (tertiary/aromatic N) is 2. The summed E-state index contributed by atoms with van der Waals surface area (Å²) in [5, 5.41) is 8.89. The summed E-state index contributed by atoms with van der Waals surface area (Å²) in [6.45, 7) is 0.529. The highest BCUT2D eigenvalue weighted by Crippen LogP contribution is 2.18. The Morgan fingerprint density at radius 1 is 1.00 bits per heavy atom. The first-order valence-electron chi connectivity index (χ1n) is 6.98. The molecule has 3 aromatic rings. The second-order valence-corrected chi connectivity index (χ2v) is 5.54. The molecule has 0 saturated carbocycles. The van der Waals surface area contributed by atoms with Gasteiger partial charge in [0, 0.05) is 17.5 Å². The predicted octanol–water partition coefficient (Wildman–Crippen LogP) is 3.06. The minimum Gasteiger partial charge on any atom is -0.352 e. The fourth-order valence-electron chi connectivity index (χ4n) is 2.13. The normalized spacial score (nSPS) is 10.4. The zero-order valence-corrected chi connectivity index (χ0v) is 12.7. The number of carbonyl (C=O) groups excluding carboxylic acids is 1. The molecule has 0 aliphatic heterocycles. The fraction of sp³-hybridized carbons (Fsp3) is 0.118. The van der Waals surface area contributed by atoms with Gasteiger partial charge >= 0.3 is 0 Å². The van der Waals surface area contributed by atoms with Gasteiger partial charge in [0.05, 0.1) is 6.42 Å². The van der Waals surface area contributed by atoms with Crippen LogP contribution in [0.15, 0.2) is 60.0 Å². The molecule has 1 aromatic heterocycles. The number of carbonyl (C=O) groups is 1. The van der Waals surface area contributed by atoms with E-state index in [0.29, 0.717) is 13.0 Å². The van der Waals surface area contributed by atoms with Crippen LogP contribution in [0.3, 0.4) is 0 Å². The molecule has 0 saturated heterocycles. The molecule has 4 nitrogen and oxygen atoms in total. The summed E-state index contributed by atoms with van der Waals surface area (Å²) in [5.41, 5.74) is 4.00. The highest BCUT2D eigenvalue weighted by atomic mass is 32.1. The Kier molecular flexibility index (Phi) is 4.56. The molecule has 3 rings (SSSR count). The number of aromatic nitrogens is 2. The number of hydrogen-bond donors (Lipinski definition) is 1. The molecule has 22 heavy (non-hydrogen) atoms. The quantitative estimate of drug-likeness (QED) is 0.788. The van der Waals surface area contributed by atoms with E-state index < -0.39 is 0 Å². The van der Waals surface area contributed by atoms with E-state index in [2.05, 4.69) is 14.9 Å². The van der Waals surface area contributed by atoms with Crippen molar-refractivity contribution >= 4 is 17.4 Å². The molecule has 0 spiro atoms. The zero-order chi connectivity index (χ0) is 15.2. The molecule has 0 unspecified atom stereocenters. The molecule has 0 aliphatic carbocycles. The molecule has 0 radical (unpaired) electrons. The lowest BCUT2D eigenvalue weighted by molar-refractivity contribution is -0.120. The van der Waals surface area contributed by atoms with Gasteiger partial charge in [-0.05, 0) is 22.7 Å². The summed E-state index contributed by atoms with van der Waals surface area (Å²) in [7, 11) is 0. The molecule has 110 valence electrons. The van der Waals surface area contributed by atoms with Crippen LogP contribution >= 0.6 is 11.5 Å². The van der Waals surface area contributed by atoms with E-state index in [9.17, 15) is 4.79 Å². The summed E-state index contributed by atoms with van der Waals surface area (Å²) in [6.07, 6.45) is 0.406. The van der Waals surface area contributed by atoms with Crippen molar-refractivity contribution < 1.29 is 4.79 Å². The van der Waals surface area contributed by atoms with Crippen LogP contribution in [-0.4, -0.2) is 15.5 Å². The Labute approximate surface area is 133 Å². The predicted molar refractivity (Wildman–Crippen MR) is 87.3 cm³/mol. The van der Waals surface area contributed by atoms with Crippen LogP contribution in [0.5, 0.6) is 0 Å². The molecule has 0 atom stereocenters. The van der Waals surface area contributed by atoms with Crippen LogP contribution in [0.1, 0.15) is 11.1 Å². The van der Waals surface area contributed by atoms with Gasteiger partial charge in [-0.25, -0.2) is 0 Å². The van der Waals surface area contributed by atoms with Crippen LogP contribution in [0.4, 0.5) is 0 Å². The first kappa shape index (κ1) is 14.4. The van der Waals surface area contributed by atoms with Crippen LogP contribution in [0.25, 0.3) is 11.3 Å². The van der Waals surface area contributed by atoms with Gasteiger partial charge in [-0.15, -0.1) is 5.10 Å². The monoisotopic (exact) mass is 309 g/mol. The van der Waals surface area contributed by atoms with Crippen LogP contribution in [0.2, 0.25) is 0 Å². The third-order valence-electron chi connectivity index (χ3n) is 3.31. The van der Waals surface area contributed by atoms with E-state index in [4.69, 9.17) is 0 Å². The van der Waals surface area contributed by atoms with Gasteiger partial charge in [0.2, 0.25) is 5.91 Å². The smallest absolute Gasteiger partial charge is 0.224 e. The van der Waals surface area contributed by atoms with Gasteiger partial charge in [-0.1, -0.05) is 59.1 Å². The molecule has 1 heterocycles. The Morgan fingerprint density at radius 3 is 2.45 bits per heavy atom. The number of nitrogens with one attached hydrogen (secondary N) is 1. The van der Waals surface area contributed by atoms with Gasteiger partial charge in [0.25, 0.3) is 0 Å². The molecule has 2 aromatic carbocycles. The molecular formula is C17H15N3OS. The van der Waals surface area contributed by atoms with Crippen LogP contribution in [-0.2, 0) is 17.8 Å². The van der Waals surface area contributed by atoms with E-state index in [1.54, 1.807) is 0 Å². The van der Waals surface area contributed by atoms with Crippen molar-refractivity contribution in [1.82, 2.24) is 14.9 Å². The van der Waals surface area contributed by atoms with Gasteiger partial charge in [-0.2, -0.15) is 0 Å². The maximum atomic E-state index is 11.9. The average molecular weight is 309 g/mol. The van der Waals surface area contributed by atoms with Crippen molar-refractivity contribution in [2.24, 2.45) is 0 Å². The van der Waals surface area contributed by atoms with Crippen LogP contribution < -0.4 is 5.32 Å². The maximum Gasteiger partial charge on any atom is 0.224 e. The lowest BCUT2D eigenvalue weighted by atomic mass is 10.1. The maximum absolute atomic E-state index is 11.9. The van der Waals surface area contributed by atoms with Crippen molar-refractivity contribution in [3.05, 3.63) is 71.1 Å². The van der Waals surface area contributed by atoms with Crippen molar-refractivity contribution in [2.75, 3.05) is 0 Å². The van der Waals surface area contributed by atoms with E-state index in [1.165, 1.54) is 11.5 Å². The molecule has 1 amide bonds. The van der Waals surface area contributed by atoms with Crippen molar-refractivity contribution in [3.63, 3.8) is 0 Å². The first-order chi connectivity index (χ1) is 10.8. The SMILES string of the molecule is O=C(Cc1ccccc1)NCc1ccc(-c2csnn2)cc1. The lowest BCUT2D eigenvalue weighted by Crippen LogP contribution is -2.24. The van der Waals surface area contributed by atoms with Crippen molar-refractivity contribution in [3.8, 4) is 11.3 Å². The number of hydrogen-bond acceptors (Lipinski definition) is 4. The highest BCUT2D eigenvalue weighted by molar-refractivity contribution is 7.03. The Balaban J connectivity index is 1.54. The zero-order valence-electron chi connectivity index (χ0n) is 11.9. The lowest BCUT2D eigenvalue weighted by Gasteiger charge is -2.06. The topological polar surface area (TPSA) is 54.9 Å². The second kappa shape index (κ2) is 6.95. The Bertz CT molecular complexity index is 724. The van der Waals surface area contributed by atoms with Crippen LogP contribution in [0, 0.1) is 0 Å². The third-order valence-corrected chi connectivity index (χ3v) is 3.81.